The van der Waals surface area contributed by atoms with Crippen LogP contribution in [-0.2, 0) is 6.54 Å². The Labute approximate surface area is 105 Å². The molecule has 2 atom stereocenters. The van der Waals surface area contributed by atoms with E-state index in [1.807, 2.05) is 0 Å². The molecule has 0 aromatic heterocycles. The molecule has 0 heterocycles. The lowest BCUT2D eigenvalue weighted by atomic mass is 9.73. The summed E-state index contributed by atoms with van der Waals surface area (Å²) < 4.78 is 0. The highest BCUT2D eigenvalue weighted by molar-refractivity contribution is 5.15. The number of nitrogens with two attached hydrogens (primary N) is 1. The Balaban J connectivity index is 1.99. The number of hydrogen-bond donors (Lipinski definition) is 2. The molecule has 1 aromatic rings. The summed E-state index contributed by atoms with van der Waals surface area (Å²) in [6.45, 7) is 4.02. The van der Waals surface area contributed by atoms with Gasteiger partial charge in [-0.15, -0.1) is 0 Å². The van der Waals surface area contributed by atoms with Crippen LogP contribution in [0.3, 0.4) is 0 Å². The van der Waals surface area contributed by atoms with Crippen molar-refractivity contribution in [1.82, 2.24) is 5.32 Å². The molecular weight excluding hydrogens is 208 g/mol. The maximum absolute atomic E-state index is 6.03. The third-order valence-corrected chi connectivity index (χ3v) is 4.31. The third kappa shape index (κ3) is 2.88. The van der Waals surface area contributed by atoms with Crippen molar-refractivity contribution >= 4 is 0 Å². The average Bonchev–Trinajstić information content (AvgIpc) is 2.39. The van der Waals surface area contributed by atoms with E-state index in [-0.39, 0.29) is 5.54 Å². The van der Waals surface area contributed by atoms with Crippen LogP contribution in [0.25, 0.3) is 0 Å². The summed E-state index contributed by atoms with van der Waals surface area (Å²) in [7, 11) is 0. The van der Waals surface area contributed by atoms with Crippen LogP contribution in [-0.4, -0.2) is 12.1 Å². The number of nitrogens with one attached hydrogen (secondary N) is 1. The van der Waals surface area contributed by atoms with Crippen LogP contribution in [0.15, 0.2) is 30.3 Å². The van der Waals surface area contributed by atoms with Crippen molar-refractivity contribution in [2.45, 2.75) is 44.7 Å². The molecule has 0 aliphatic heterocycles. The normalized spacial score (nSPS) is 29.2. The molecule has 94 valence electrons. The molecule has 1 aliphatic rings. The van der Waals surface area contributed by atoms with E-state index in [1.54, 1.807) is 0 Å². The molecule has 1 fully saturated rings. The second kappa shape index (κ2) is 5.65. The van der Waals surface area contributed by atoms with E-state index in [0.29, 0.717) is 5.92 Å². The summed E-state index contributed by atoms with van der Waals surface area (Å²) in [5.41, 5.74) is 7.54. The molecule has 2 heteroatoms. The van der Waals surface area contributed by atoms with Crippen LogP contribution < -0.4 is 11.1 Å². The van der Waals surface area contributed by atoms with E-state index in [4.69, 9.17) is 5.73 Å². The molecule has 0 spiro atoms. The number of hydrogen-bond acceptors (Lipinski definition) is 2. The molecule has 1 aliphatic carbocycles. The second-order valence-electron chi connectivity index (χ2n) is 5.35. The second-order valence-corrected chi connectivity index (χ2v) is 5.35. The fraction of sp³-hybridized carbons (Fsp3) is 0.600. The zero-order valence-corrected chi connectivity index (χ0v) is 10.8. The van der Waals surface area contributed by atoms with E-state index >= 15 is 0 Å². The van der Waals surface area contributed by atoms with Crippen LogP contribution in [0.1, 0.15) is 38.2 Å². The van der Waals surface area contributed by atoms with Gasteiger partial charge in [-0.1, -0.05) is 50.1 Å². The van der Waals surface area contributed by atoms with Gasteiger partial charge in [-0.25, -0.2) is 0 Å². The first-order valence-corrected chi connectivity index (χ1v) is 6.76. The minimum Gasteiger partial charge on any atom is -0.329 e. The third-order valence-electron chi connectivity index (χ3n) is 4.31. The van der Waals surface area contributed by atoms with E-state index < -0.39 is 0 Å². The predicted molar refractivity (Wildman–Crippen MR) is 72.7 cm³/mol. The maximum atomic E-state index is 6.03. The van der Waals surface area contributed by atoms with Crippen LogP contribution >= 0.6 is 0 Å². The lowest BCUT2D eigenvalue weighted by Gasteiger charge is -2.43. The Morgan fingerprint density at radius 1 is 1.29 bits per heavy atom. The van der Waals surface area contributed by atoms with Crippen LogP contribution in [0.2, 0.25) is 0 Å². The minimum absolute atomic E-state index is 0.161. The van der Waals surface area contributed by atoms with Gasteiger partial charge in [0.2, 0.25) is 0 Å². The van der Waals surface area contributed by atoms with E-state index in [0.717, 1.165) is 13.1 Å². The smallest absolute Gasteiger partial charge is 0.0332 e. The average molecular weight is 232 g/mol. The zero-order valence-electron chi connectivity index (χ0n) is 10.8. The van der Waals surface area contributed by atoms with Gasteiger partial charge < -0.3 is 11.1 Å². The molecule has 0 saturated heterocycles. The quantitative estimate of drug-likeness (QED) is 0.837. The molecular formula is C15H24N2. The van der Waals surface area contributed by atoms with Gasteiger partial charge in [0, 0.05) is 18.6 Å². The highest BCUT2D eigenvalue weighted by Crippen LogP contribution is 2.33. The van der Waals surface area contributed by atoms with Gasteiger partial charge in [0.15, 0.2) is 0 Å². The zero-order chi connectivity index (χ0) is 12.1. The molecule has 3 N–H and O–H groups in total. The summed E-state index contributed by atoms with van der Waals surface area (Å²) >= 11 is 0. The largest absolute Gasteiger partial charge is 0.329 e. The number of rotatable bonds is 4. The van der Waals surface area contributed by atoms with E-state index in [1.165, 1.54) is 31.2 Å². The molecule has 2 rings (SSSR count). The van der Waals surface area contributed by atoms with Crippen LogP contribution in [0, 0.1) is 5.92 Å². The topological polar surface area (TPSA) is 38.0 Å². The van der Waals surface area contributed by atoms with Gasteiger partial charge in [0.25, 0.3) is 0 Å². The summed E-state index contributed by atoms with van der Waals surface area (Å²) in [6, 6.07) is 10.6. The van der Waals surface area contributed by atoms with Gasteiger partial charge in [-0.05, 0) is 24.3 Å². The van der Waals surface area contributed by atoms with Crippen LogP contribution in [0.5, 0.6) is 0 Å². The maximum Gasteiger partial charge on any atom is 0.0332 e. The summed E-state index contributed by atoms with van der Waals surface area (Å²) in [5, 5.41) is 3.73. The fourth-order valence-corrected chi connectivity index (χ4v) is 2.93. The summed E-state index contributed by atoms with van der Waals surface area (Å²) in [4.78, 5) is 0. The molecule has 0 radical (unpaired) electrons. The van der Waals surface area contributed by atoms with Gasteiger partial charge in [0.1, 0.15) is 0 Å². The molecule has 1 aromatic carbocycles. The Morgan fingerprint density at radius 3 is 2.71 bits per heavy atom. The predicted octanol–water partition coefficient (Wildman–Crippen LogP) is 2.68. The molecule has 0 amide bonds. The van der Waals surface area contributed by atoms with Gasteiger partial charge >= 0.3 is 0 Å². The van der Waals surface area contributed by atoms with Crippen molar-refractivity contribution in [2.24, 2.45) is 11.7 Å². The highest BCUT2D eigenvalue weighted by Gasteiger charge is 2.36. The molecule has 1 saturated carbocycles. The lowest BCUT2D eigenvalue weighted by Crippen LogP contribution is -2.56. The summed E-state index contributed by atoms with van der Waals surface area (Å²) in [6.07, 6.45) is 5.19. The fourth-order valence-electron chi connectivity index (χ4n) is 2.93. The molecule has 0 bridgehead atoms. The molecule has 17 heavy (non-hydrogen) atoms. The van der Waals surface area contributed by atoms with E-state index in [2.05, 4.69) is 42.6 Å². The summed E-state index contributed by atoms with van der Waals surface area (Å²) in [5.74, 6) is 0.685. The Kier molecular flexibility index (Phi) is 4.19. The Hall–Kier alpha value is -0.860. The molecule has 2 unspecified atom stereocenters. The first-order chi connectivity index (χ1) is 8.27. The first kappa shape index (κ1) is 12.6. The van der Waals surface area contributed by atoms with Crippen molar-refractivity contribution < 1.29 is 0 Å². The molecule has 2 nitrogen and oxygen atoms in total. The lowest BCUT2D eigenvalue weighted by molar-refractivity contribution is 0.159. The first-order valence-electron chi connectivity index (χ1n) is 6.76. The van der Waals surface area contributed by atoms with Gasteiger partial charge in [-0.2, -0.15) is 0 Å². The van der Waals surface area contributed by atoms with Crippen LogP contribution in [0.4, 0.5) is 0 Å². The SMILES string of the molecule is CC1CCCCC1(CN)NCc1ccccc1. The Bertz CT molecular complexity index is 336. The van der Waals surface area contributed by atoms with Crippen molar-refractivity contribution in [3.63, 3.8) is 0 Å². The van der Waals surface area contributed by atoms with Crippen molar-refractivity contribution in [1.29, 1.82) is 0 Å². The highest BCUT2D eigenvalue weighted by atomic mass is 15.0. The minimum atomic E-state index is 0.161. The standard InChI is InChI=1S/C15H24N2/c1-13-7-5-6-10-15(13,12-16)17-11-14-8-3-2-4-9-14/h2-4,8-9,13,17H,5-7,10-12,16H2,1H3. The van der Waals surface area contributed by atoms with Crippen molar-refractivity contribution in [3.8, 4) is 0 Å². The Morgan fingerprint density at radius 2 is 2.06 bits per heavy atom. The van der Waals surface area contributed by atoms with E-state index in [9.17, 15) is 0 Å². The van der Waals surface area contributed by atoms with Crippen molar-refractivity contribution in [3.05, 3.63) is 35.9 Å². The monoisotopic (exact) mass is 232 g/mol. The van der Waals surface area contributed by atoms with Gasteiger partial charge in [0.05, 0.1) is 0 Å². The van der Waals surface area contributed by atoms with Crippen molar-refractivity contribution in [2.75, 3.05) is 6.54 Å². The van der Waals surface area contributed by atoms with Gasteiger partial charge in [-0.3, -0.25) is 0 Å². The number of benzene rings is 1.